The second-order valence-corrected chi connectivity index (χ2v) is 7.78. The van der Waals surface area contributed by atoms with Crippen molar-refractivity contribution in [3.8, 4) is 0 Å². The lowest BCUT2D eigenvalue weighted by Crippen LogP contribution is -2.22. The van der Waals surface area contributed by atoms with Crippen molar-refractivity contribution in [1.82, 2.24) is 10.6 Å². The molecule has 3 nitrogen and oxygen atoms in total. The minimum absolute atomic E-state index is 0.0215. The van der Waals surface area contributed by atoms with Gasteiger partial charge >= 0.3 is 0 Å². The molecule has 0 bridgehead atoms. The molecule has 2 N–H and O–H groups in total. The van der Waals surface area contributed by atoms with Crippen LogP contribution in [0.3, 0.4) is 0 Å². The number of carbonyl (C=O) groups excluding carboxylic acids is 1. The predicted octanol–water partition coefficient (Wildman–Crippen LogP) is 4.69. The van der Waals surface area contributed by atoms with Gasteiger partial charge in [-0.1, -0.05) is 72.8 Å². The summed E-state index contributed by atoms with van der Waals surface area (Å²) in [6, 6.07) is 29.3. The lowest BCUT2D eigenvalue weighted by molar-refractivity contribution is 0.0951. The summed E-state index contributed by atoms with van der Waals surface area (Å²) < 4.78 is 0. The minimum atomic E-state index is -0.0215. The van der Waals surface area contributed by atoms with Crippen molar-refractivity contribution in [3.05, 3.63) is 107 Å². The van der Waals surface area contributed by atoms with Crippen molar-refractivity contribution in [2.24, 2.45) is 0 Å². The second-order valence-electron chi connectivity index (χ2n) is 7.78. The van der Waals surface area contributed by atoms with E-state index in [0.29, 0.717) is 18.5 Å². The number of benzene rings is 3. The molecule has 0 saturated heterocycles. The summed E-state index contributed by atoms with van der Waals surface area (Å²) in [6.45, 7) is 1.61. The molecule has 0 heterocycles. The van der Waals surface area contributed by atoms with Gasteiger partial charge in [0.2, 0.25) is 0 Å². The van der Waals surface area contributed by atoms with Gasteiger partial charge in [-0.05, 0) is 54.6 Å². The third-order valence-electron chi connectivity index (χ3n) is 5.58. The SMILES string of the molecule is O=C(NCc1ccccc1)c1ccc(C2CC2NCCCc2ccccc2)cc1. The van der Waals surface area contributed by atoms with Gasteiger partial charge in [0.25, 0.3) is 5.91 Å². The Labute approximate surface area is 173 Å². The maximum atomic E-state index is 12.3. The zero-order valence-corrected chi connectivity index (χ0v) is 16.7. The van der Waals surface area contributed by atoms with E-state index in [4.69, 9.17) is 0 Å². The van der Waals surface area contributed by atoms with E-state index in [-0.39, 0.29) is 5.91 Å². The lowest BCUT2D eigenvalue weighted by atomic mass is 10.1. The lowest BCUT2D eigenvalue weighted by Gasteiger charge is -2.07. The van der Waals surface area contributed by atoms with Crippen LogP contribution in [0.4, 0.5) is 0 Å². The molecule has 1 aliphatic carbocycles. The van der Waals surface area contributed by atoms with E-state index in [1.165, 1.54) is 17.5 Å². The monoisotopic (exact) mass is 384 g/mol. The zero-order chi connectivity index (χ0) is 19.9. The van der Waals surface area contributed by atoms with E-state index in [1.807, 2.05) is 42.5 Å². The molecule has 1 saturated carbocycles. The van der Waals surface area contributed by atoms with E-state index in [0.717, 1.165) is 30.5 Å². The number of hydrogen-bond donors (Lipinski definition) is 2. The summed E-state index contributed by atoms with van der Waals surface area (Å²) in [7, 11) is 0. The molecule has 0 aromatic heterocycles. The normalized spacial score (nSPS) is 17.7. The maximum Gasteiger partial charge on any atom is 0.251 e. The van der Waals surface area contributed by atoms with Gasteiger partial charge in [0, 0.05) is 24.1 Å². The third-order valence-corrected chi connectivity index (χ3v) is 5.58. The Morgan fingerprint density at radius 2 is 1.48 bits per heavy atom. The van der Waals surface area contributed by atoms with Gasteiger partial charge in [0.15, 0.2) is 0 Å². The number of rotatable bonds is 9. The van der Waals surface area contributed by atoms with Crippen molar-refractivity contribution in [2.75, 3.05) is 6.54 Å². The fraction of sp³-hybridized carbons (Fsp3) is 0.269. The average Bonchev–Trinajstić information content (AvgIpc) is 3.56. The molecule has 2 unspecified atom stereocenters. The minimum Gasteiger partial charge on any atom is -0.348 e. The van der Waals surface area contributed by atoms with Gasteiger partial charge in [-0.3, -0.25) is 4.79 Å². The van der Waals surface area contributed by atoms with Crippen LogP contribution < -0.4 is 10.6 Å². The molecule has 4 rings (SSSR count). The fourth-order valence-electron chi connectivity index (χ4n) is 3.78. The predicted molar refractivity (Wildman–Crippen MR) is 118 cm³/mol. The first-order valence-electron chi connectivity index (χ1n) is 10.5. The van der Waals surface area contributed by atoms with Gasteiger partial charge in [-0.15, -0.1) is 0 Å². The molecular weight excluding hydrogens is 356 g/mol. The summed E-state index contributed by atoms with van der Waals surface area (Å²) in [5.41, 5.74) is 4.56. The van der Waals surface area contributed by atoms with E-state index < -0.39 is 0 Å². The molecule has 1 aliphatic rings. The molecule has 0 radical (unpaired) electrons. The Kier molecular flexibility index (Phi) is 6.38. The van der Waals surface area contributed by atoms with Crippen LogP contribution in [-0.4, -0.2) is 18.5 Å². The van der Waals surface area contributed by atoms with E-state index in [2.05, 4.69) is 53.1 Å². The van der Waals surface area contributed by atoms with Crippen LogP contribution in [0.1, 0.15) is 45.8 Å². The Morgan fingerprint density at radius 1 is 0.828 bits per heavy atom. The first kappa shape index (κ1) is 19.4. The van der Waals surface area contributed by atoms with Crippen LogP contribution in [0.5, 0.6) is 0 Å². The van der Waals surface area contributed by atoms with Crippen molar-refractivity contribution < 1.29 is 4.79 Å². The first-order chi connectivity index (χ1) is 14.3. The molecule has 3 aromatic carbocycles. The van der Waals surface area contributed by atoms with Crippen LogP contribution in [0.15, 0.2) is 84.9 Å². The fourth-order valence-corrected chi connectivity index (χ4v) is 3.78. The zero-order valence-electron chi connectivity index (χ0n) is 16.7. The second kappa shape index (κ2) is 9.53. The van der Waals surface area contributed by atoms with E-state index in [1.54, 1.807) is 0 Å². The van der Waals surface area contributed by atoms with Gasteiger partial charge < -0.3 is 10.6 Å². The molecule has 0 spiro atoms. The highest BCUT2D eigenvalue weighted by atomic mass is 16.1. The number of aryl methyl sites for hydroxylation is 1. The van der Waals surface area contributed by atoms with Crippen molar-refractivity contribution >= 4 is 5.91 Å². The Hall–Kier alpha value is -2.91. The largest absolute Gasteiger partial charge is 0.348 e. The average molecular weight is 385 g/mol. The van der Waals surface area contributed by atoms with Gasteiger partial charge in [-0.2, -0.15) is 0 Å². The summed E-state index contributed by atoms with van der Waals surface area (Å²) in [6.07, 6.45) is 3.47. The molecule has 1 fully saturated rings. The quantitative estimate of drug-likeness (QED) is 0.525. The van der Waals surface area contributed by atoms with Gasteiger partial charge in [-0.25, -0.2) is 0 Å². The van der Waals surface area contributed by atoms with Crippen LogP contribution >= 0.6 is 0 Å². The van der Waals surface area contributed by atoms with Crippen LogP contribution in [0, 0.1) is 0 Å². The first-order valence-corrected chi connectivity index (χ1v) is 10.5. The van der Waals surface area contributed by atoms with E-state index in [9.17, 15) is 4.79 Å². The summed E-state index contributed by atoms with van der Waals surface area (Å²) in [5.74, 6) is 0.556. The maximum absolute atomic E-state index is 12.3. The molecule has 29 heavy (non-hydrogen) atoms. The third kappa shape index (κ3) is 5.55. The molecule has 3 aromatic rings. The van der Waals surface area contributed by atoms with Crippen molar-refractivity contribution in [3.63, 3.8) is 0 Å². The Bertz CT molecular complexity index is 906. The summed E-state index contributed by atoms with van der Waals surface area (Å²) >= 11 is 0. The highest BCUT2D eigenvalue weighted by molar-refractivity contribution is 5.94. The highest BCUT2D eigenvalue weighted by Gasteiger charge is 2.37. The molecule has 1 amide bonds. The highest BCUT2D eigenvalue weighted by Crippen LogP contribution is 2.40. The van der Waals surface area contributed by atoms with Crippen molar-refractivity contribution in [1.29, 1.82) is 0 Å². The van der Waals surface area contributed by atoms with E-state index >= 15 is 0 Å². The molecule has 0 aliphatic heterocycles. The van der Waals surface area contributed by atoms with Crippen LogP contribution in [0.2, 0.25) is 0 Å². The summed E-state index contributed by atoms with van der Waals surface area (Å²) in [4.78, 5) is 12.3. The smallest absolute Gasteiger partial charge is 0.251 e. The molecule has 2 atom stereocenters. The van der Waals surface area contributed by atoms with Gasteiger partial charge in [0.1, 0.15) is 0 Å². The molecule has 148 valence electrons. The Balaban J connectivity index is 1.19. The van der Waals surface area contributed by atoms with Crippen LogP contribution in [-0.2, 0) is 13.0 Å². The molecular formula is C26H28N2O. The summed E-state index contributed by atoms with van der Waals surface area (Å²) in [5, 5.41) is 6.66. The number of amides is 1. The topological polar surface area (TPSA) is 41.1 Å². The standard InChI is InChI=1S/C26H28N2O/c29-26(28-19-21-10-5-2-6-11-21)23-15-13-22(14-16-23)24-18-25(24)27-17-7-12-20-8-3-1-4-9-20/h1-6,8-11,13-16,24-25,27H,7,12,17-19H2,(H,28,29). The van der Waals surface area contributed by atoms with Crippen molar-refractivity contribution in [2.45, 2.75) is 37.8 Å². The number of carbonyl (C=O) groups is 1. The number of nitrogens with one attached hydrogen (secondary N) is 2. The molecule has 3 heteroatoms. The van der Waals surface area contributed by atoms with Crippen LogP contribution in [0.25, 0.3) is 0 Å². The Morgan fingerprint density at radius 3 is 2.17 bits per heavy atom. The van der Waals surface area contributed by atoms with Gasteiger partial charge in [0.05, 0.1) is 0 Å². The number of hydrogen-bond acceptors (Lipinski definition) is 2.